The van der Waals surface area contributed by atoms with Gasteiger partial charge in [-0.15, -0.1) is 0 Å². The monoisotopic (exact) mass is 287 g/mol. The predicted octanol–water partition coefficient (Wildman–Crippen LogP) is -0.200. The van der Waals surface area contributed by atoms with Crippen molar-refractivity contribution in [3.8, 4) is 0 Å². The summed E-state index contributed by atoms with van der Waals surface area (Å²) in [6.45, 7) is -0.402. The lowest BCUT2D eigenvalue weighted by Crippen LogP contribution is -2.44. The molecular weight excluding hydrogens is 270 g/mol. The van der Waals surface area contributed by atoms with Crippen molar-refractivity contribution in [1.82, 2.24) is 14.1 Å². The van der Waals surface area contributed by atoms with Crippen molar-refractivity contribution in [3.63, 3.8) is 0 Å². The number of hydroxylamine groups is 1. The number of rotatable bonds is 6. The van der Waals surface area contributed by atoms with Crippen LogP contribution in [0, 0.1) is 0 Å². The van der Waals surface area contributed by atoms with Gasteiger partial charge in [0.15, 0.2) is 0 Å². The molecule has 1 rings (SSSR count). The van der Waals surface area contributed by atoms with Crippen molar-refractivity contribution >= 4 is 16.1 Å². The molecule has 106 valence electrons. The topological polar surface area (TPSA) is 90.0 Å². The van der Waals surface area contributed by atoms with E-state index in [2.05, 4.69) is 0 Å². The summed E-state index contributed by atoms with van der Waals surface area (Å²) in [5.74, 6) is -0.790. The molecule has 1 aromatic carbocycles. The SMILES string of the molecule is CN(C)S(=O)(=O)N(CC(=O)NO)Cc1ccccc1. The first-order valence-corrected chi connectivity index (χ1v) is 6.92. The average molecular weight is 287 g/mol. The lowest BCUT2D eigenvalue weighted by Gasteiger charge is -2.24. The van der Waals surface area contributed by atoms with Crippen LogP contribution in [-0.4, -0.2) is 48.8 Å². The Kier molecular flexibility index (Phi) is 5.43. The summed E-state index contributed by atoms with van der Waals surface area (Å²) in [5.41, 5.74) is 2.18. The van der Waals surface area contributed by atoms with Crippen LogP contribution in [0.15, 0.2) is 30.3 Å². The minimum absolute atomic E-state index is 0.0504. The molecule has 0 saturated heterocycles. The van der Waals surface area contributed by atoms with E-state index < -0.39 is 22.7 Å². The second-order valence-electron chi connectivity index (χ2n) is 4.08. The van der Waals surface area contributed by atoms with Crippen molar-refractivity contribution in [2.45, 2.75) is 6.54 Å². The summed E-state index contributed by atoms with van der Waals surface area (Å²) in [6.07, 6.45) is 0. The molecule has 0 bridgehead atoms. The Morgan fingerprint density at radius 1 is 1.26 bits per heavy atom. The van der Waals surface area contributed by atoms with Crippen LogP contribution in [-0.2, 0) is 21.5 Å². The molecule has 0 radical (unpaired) electrons. The molecule has 1 aromatic rings. The Morgan fingerprint density at radius 2 is 1.84 bits per heavy atom. The van der Waals surface area contributed by atoms with E-state index in [0.717, 1.165) is 14.2 Å². The van der Waals surface area contributed by atoms with Gasteiger partial charge in [0, 0.05) is 20.6 Å². The number of carbonyl (C=O) groups excluding carboxylic acids is 1. The van der Waals surface area contributed by atoms with Gasteiger partial charge in [0.05, 0.1) is 6.54 Å². The van der Waals surface area contributed by atoms with Crippen molar-refractivity contribution in [2.75, 3.05) is 20.6 Å². The number of nitrogens with one attached hydrogen (secondary N) is 1. The van der Waals surface area contributed by atoms with Gasteiger partial charge in [-0.3, -0.25) is 10.0 Å². The highest BCUT2D eigenvalue weighted by Gasteiger charge is 2.26. The van der Waals surface area contributed by atoms with Crippen molar-refractivity contribution in [2.24, 2.45) is 0 Å². The van der Waals surface area contributed by atoms with E-state index in [9.17, 15) is 13.2 Å². The fourth-order valence-corrected chi connectivity index (χ4v) is 2.49. The van der Waals surface area contributed by atoms with E-state index in [1.807, 2.05) is 6.07 Å². The van der Waals surface area contributed by atoms with Gasteiger partial charge in [-0.05, 0) is 5.56 Å². The minimum Gasteiger partial charge on any atom is -0.289 e. The van der Waals surface area contributed by atoms with Gasteiger partial charge in [-0.2, -0.15) is 17.0 Å². The second-order valence-corrected chi connectivity index (χ2v) is 6.22. The molecule has 0 fully saturated rings. The molecule has 0 aliphatic heterocycles. The van der Waals surface area contributed by atoms with Crippen LogP contribution in [0.2, 0.25) is 0 Å². The maximum atomic E-state index is 12.1. The highest BCUT2D eigenvalue weighted by atomic mass is 32.2. The van der Waals surface area contributed by atoms with Gasteiger partial charge in [-0.25, -0.2) is 5.48 Å². The Balaban J connectivity index is 2.97. The molecule has 0 unspecified atom stereocenters. The van der Waals surface area contributed by atoms with E-state index in [1.165, 1.54) is 19.6 Å². The van der Waals surface area contributed by atoms with Crippen LogP contribution in [0.5, 0.6) is 0 Å². The zero-order valence-electron chi connectivity index (χ0n) is 10.8. The minimum atomic E-state index is -3.75. The predicted molar refractivity (Wildman–Crippen MR) is 69.4 cm³/mol. The normalized spacial score (nSPS) is 11.8. The summed E-state index contributed by atoms with van der Waals surface area (Å²) < 4.78 is 26.1. The number of amides is 1. The second kappa shape index (κ2) is 6.62. The summed E-state index contributed by atoms with van der Waals surface area (Å²) in [5, 5.41) is 8.52. The zero-order valence-corrected chi connectivity index (χ0v) is 11.6. The lowest BCUT2D eigenvalue weighted by atomic mass is 10.2. The number of hydrogen-bond acceptors (Lipinski definition) is 4. The van der Waals surface area contributed by atoms with E-state index >= 15 is 0 Å². The molecule has 0 heterocycles. The summed E-state index contributed by atoms with van der Waals surface area (Å²) in [4.78, 5) is 11.2. The highest BCUT2D eigenvalue weighted by molar-refractivity contribution is 7.86. The smallest absolute Gasteiger partial charge is 0.282 e. The standard InChI is InChI=1S/C11H17N3O4S/c1-13(2)19(17,18)14(9-11(15)12-16)8-10-6-4-3-5-7-10/h3-7,16H,8-9H2,1-2H3,(H,12,15). The maximum Gasteiger partial charge on any atom is 0.282 e. The van der Waals surface area contributed by atoms with Gasteiger partial charge < -0.3 is 0 Å². The summed E-state index contributed by atoms with van der Waals surface area (Å²) in [7, 11) is -0.989. The molecule has 0 aromatic heterocycles. The van der Waals surface area contributed by atoms with Crippen LogP contribution >= 0.6 is 0 Å². The van der Waals surface area contributed by atoms with Crippen molar-refractivity contribution in [3.05, 3.63) is 35.9 Å². The number of benzene rings is 1. The van der Waals surface area contributed by atoms with Crippen molar-refractivity contribution < 1.29 is 18.4 Å². The molecule has 19 heavy (non-hydrogen) atoms. The van der Waals surface area contributed by atoms with E-state index in [-0.39, 0.29) is 6.54 Å². The van der Waals surface area contributed by atoms with Gasteiger partial charge >= 0.3 is 0 Å². The van der Waals surface area contributed by atoms with Crippen LogP contribution in [0.3, 0.4) is 0 Å². The van der Waals surface area contributed by atoms with Crippen LogP contribution < -0.4 is 5.48 Å². The van der Waals surface area contributed by atoms with Gasteiger partial charge in [0.1, 0.15) is 0 Å². The molecule has 0 saturated carbocycles. The first-order chi connectivity index (χ1) is 8.87. The quantitative estimate of drug-likeness (QED) is 0.560. The fraction of sp³-hybridized carbons (Fsp3) is 0.364. The molecule has 0 spiro atoms. The number of hydrogen-bond donors (Lipinski definition) is 2. The third-order valence-corrected chi connectivity index (χ3v) is 4.27. The summed E-state index contributed by atoms with van der Waals surface area (Å²) in [6, 6.07) is 8.89. The zero-order chi connectivity index (χ0) is 14.5. The molecule has 2 N–H and O–H groups in total. The van der Waals surface area contributed by atoms with Crippen molar-refractivity contribution in [1.29, 1.82) is 0 Å². The Bertz CT molecular complexity index is 516. The Morgan fingerprint density at radius 3 is 2.32 bits per heavy atom. The van der Waals surface area contributed by atoms with E-state index in [4.69, 9.17) is 5.21 Å². The van der Waals surface area contributed by atoms with E-state index in [0.29, 0.717) is 0 Å². The molecular formula is C11H17N3O4S. The molecule has 0 atom stereocenters. The fourth-order valence-electron chi connectivity index (χ4n) is 1.43. The number of carbonyl (C=O) groups is 1. The van der Waals surface area contributed by atoms with Crippen LogP contribution in [0.25, 0.3) is 0 Å². The third-order valence-electron chi connectivity index (χ3n) is 2.43. The Labute approximate surface area is 112 Å². The largest absolute Gasteiger partial charge is 0.289 e. The molecule has 0 aliphatic carbocycles. The average Bonchev–Trinajstić information content (AvgIpc) is 2.38. The highest BCUT2D eigenvalue weighted by Crippen LogP contribution is 2.10. The molecule has 1 amide bonds. The van der Waals surface area contributed by atoms with Gasteiger partial charge in [0.25, 0.3) is 16.1 Å². The molecule has 8 heteroatoms. The van der Waals surface area contributed by atoms with Crippen LogP contribution in [0.1, 0.15) is 5.56 Å². The lowest BCUT2D eigenvalue weighted by molar-refractivity contribution is -0.129. The van der Waals surface area contributed by atoms with Gasteiger partial charge in [0.2, 0.25) is 0 Å². The third kappa shape index (κ3) is 4.28. The number of nitrogens with zero attached hydrogens (tertiary/aromatic N) is 2. The Hall–Kier alpha value is -1.48. The first-order valence-electron chi connectivity index (χ1n) is 5.52. The molecule has 7 nitrogen and oxygen atoms in total. The van der Waals surface area contributed by atoms with E-state index in [1.54, 1.807) is 24.3 Å². The molecule has 0 aliphatic rings. The maximum absolute atomic E-state index is 12.1. The van der Waals surface area contributed by atoms with Gasteiger partial charge in [-0.1, -0.05) is 30.3 Å². The summed E-state index contributed by atoms with van der Waals surface area (Å²) >= 11 is 0. The first kappa shape index (κ1) is 15.6. The van der Waals surface area contributed by atoms with Crippen LogP contribution in [0.4, 0.5) is 0 Å².